The number of benzene rings is 1. The molecule has 0 saturated carbocycles. The van der Waals surface area contributed by atoms with Crippen LogP contribution >= 0.6 is 0 Å². The summed E-state index contributed by atoms with van der Waals surface area (Å²) in [6, 6.07) is 1.49. The number of carbonyl (C=O) groups excluding carboxylic acids is 6. The zero-order chi connectivity index (χ0) is 25.1. The molecule has 0 aromatic heterocycles. The number of ketones is 1. The molecule has 2 saturated heterocycles. The first-order valence-electron chi connectivity index (χ1n) is 11.4. The Morgan fingerprint density at radius 3 is 2.69 bits per heavy atom. The van der Waals surface area contributed by atoms with Crippen molar-refractivity contribution < 1.29 is 38.2 Å². The highest BCUT2D eigenvalue weighted by Crippen LogP contribution is 2.32. The second-order valence-corrected chi connectivity index (χ2v) is 8.65. The van der Waals surface area contributed by atoms with E-state index in [0.29, 0.717) is 24.2 Å². The third kappa shape index (κ3) is 5.10. The van der Waals surface area contributed by atoms with E-state index in [1.807, 2.05) is 0 Å². The molecule has 0 aliphatic carbocycles. The molecule has 0 radical (unpaired) electrons. The van der Waals surface area contributed by atoms with E-state index in [2.05, 4.69) is 10.6 Å². The Morgan fingerprint density at radius 2 is 1.94 bits per heavy atom. The van der Waals surface area contributed by atoms with Crippen molar-refractivity contribution in [3.8, 4) is 11.5 Å². The summed E-state index contributed by atoms with van der Waals surface area (Å²) >= 11 is 0. The summed E-state index contributed by atoms with van der Waals surface area (Å²) < 4.78 is 10.5. The summed E-state index contributed by atoms with van der Waals surface area (Å²) in [5.41, 5.74) is 0.250. The van der Waals surface area contributed by atoms with Crippen LogP contribution in [0.4, 0.5) is 0 Å². The number of hydrogen-bond donors (Lipinski definition) is 2. The topological polar surface area (TPSA) is 151 Å². The molecule has 12 nitrogen and oxygen atoms in total. The Bertz CT molecular complexity index is 1070. The van der Waals surface area contributed by atoms with Crippen LogP contribution < -0.4 is 20.1 Å². The highest BCUT2D eigenvalue weighted by Gasteiger charge is 2.45. The van der Waals surface area contributed by atoms with Crippen molar-refractivity contribution in [3.05, 3.63) is 23.8 Å². The largest absolute Gasteiger partial charge is 0.454 e. The minimum Gasteiger partial charge on any atom is -0.454 e. The molecule has 4 rings (SSSR count). The van der Waals surface area contributed by atoms with Gasteiger partial charge in [0.1, 0.15) is 24.2 Å². The Kier molecular flexibility index (Phi) is 6.99. The van der Waals surface area contributed by atoms with Gasteiger partial charge in [0.15, 0.2) is 11.5 Å². The van der Waals surface area contributed by atoms with E-state index >= 15 is 0 Å². The van der Waals surface area contributed by atoms with Crippen molar-refractivity contribution in [2.24, 2.45) is 0 Å². The third-order valence-corrected chi connectivity index (χ3v) is 6.10. The first-order valence-corrected chi connectivity index (χ1v) is 11.4. The van der Waals surface area contributed by atoms with E-state index in [4.69, 9.17) is 9.47 Å². The van der Waals surface area contributed by atoms with Gasteiger partial charge in [-0.1, -0.05) is 0 Å². The van der Waals surface area contributed by atoms with Crippen molar-refractivity contribution in [3.63, 3.8) is 0 Å². The normalized spacial score (nSPS) is 22.1. The van der Waals surface area contributed by atoms with Crippen LogP contribution in [-0.4, -0.2) is 77.2 Å². The minimum absolute atomic E-state index is 0.00393. The highest BCUT2D eigenvalue weighted by molar-refractivity contribution is 6.00. The molecule has 1 aromatic rings. The van der Waals surface area contributed by atoms with E-state index in [1.165, 1.54) is 24.1 Å². The van der Waals surface area contributed by atoms with Crippen LogP contribution in [0.15, 0.2) is 18.2 Å². The lowest BCUT2D eigenvalue weighted by Gasteiger charge is -2.43. The van der Waals surface area contributed by atoms with Gasteiger partial charge in [0.05, 0.1) is 6.04 Å². The van der Waals surface area contributed by atoms with E-state index in [-0.39, 0.29) is 56.3 Å². The number of ether oxygens (including phenoxy) is 2. The van der Waals surface area contributed by atoms with Gasteiger partial charge in [-0.05, 0) is 44.4 Å². The van der Waals surface area contributed by atoms with Crippen molar-refractivity contribution in [1.29, 1.82) is 0 Å². The number of rotatable bonds is 7. The van der Waals surface area contributed by atoms with Crippen LogP contribution in [-0.2, 0) is 24.0 Å². The number of aldehydes is 1. The maximum Gasteiger partial charge on any atom is 0.264 e. The molecule has 0 bridgehead atoms. The lowest BCUT2D eigenvalue weighted by Crippen LogP contribution is -2.64. The Morgan fingerprint density at radius 1 is 1.17 bits per heavy atom. The number of hydrogen-bond acceptors (Lipinski definition) is 8. The zero-order valence-electron chi connectivity index (χ0n) is 19.2. The molecular weight excluding hydrogens is 460 g/mol. The average molecular weight is 486 g/mol. The van der Waals surface area contributed by atoms with E-state index < -0.39 is 35.8 Å². The summed E-state index contributed by atoms with van der Waals surface area (Å²) in [6.45, 7) is 1.60. The number of carbonyl (C=O) groups is 6. The Balaban J connectivity index is 1.52. The fourth-order valence-electron chi connectivity index (χ4n) is 4.41. The van der Waals surface area contributed by atoms with Gasteiger partial charge in [0.2, 0.25) is 18.6 Å². The molecule has 4 amide bonds. The van der Waals surface area contributed by atoms with E-state index in [0.717, 1.165) is 5.01 Å². The van der Waals surface area contributed by atoms with E-state index in [1.54, 1.807) is 6.07 Å². The summed E-state index contributed by atoms with van der Waals surface area (Å²) in [6.07, 6.45) is 1.09. The van der Waals surface area contributed by atoms with Crippen LogP contribution in [0.5, 0.6) is 11.5 Å². The number of nitrogens with zero attached hydrogens (tertiary/aromatic N) is 2. The van der Waals surface area contributed by atoms with Crippen molar-refractivity contribution in [2.45, 2.75) is 57.2 Å². The summed E-state index contributed by atoms with van der Waals surface area (Å²) in [5, 5.41) is 7.49. The second-order valence-electron chi connectivity index (χ2n) is 8.65. The van der Waals surface area contributed by atoms with Crippen molar-refractivity contribution in [2.75, 3.05) is 13.3 Å². The third-order valence-electron chi connectivity index (χ3n) is 6.10. The smallest absolute Gasteiger partial charge is 0.264 e. The Labute approximate surface area is 200 Å². The van der Waals surface area contributed by atoms with Gasteiger partial charge in [0.25, 0.3) is 11.8 Å². The minimum atomic E-state index is -1.06. The van der Waals surface area contributed by atoms with Gasteiger partial charge in [-0.25, -0.2) is 5.01 Å². The number of nitrogens with one attached hydrogen (secondary N) is 2. The monoisotopic (exact) mass is 486 g/mol. The van der Waals surface area contributed by atoms with Gasteiger partial charge in [0, 0.05) is 24.9 Å². The molecule has 3 unspecified atom stereocenters. The average Bonchev–Trinajstić information content (AvgIpc) is 3.28. The molecular formula is C23H26N4O8. The lowest BCUT2D eigenvalue weighted by molar-refractivity contribution is -0.176. The number of Topliss-reactive ketones (excluding diaryl/α,β-unsaturated/α-hetero) is 1. The van der Waals surface area contributed by atoms with Crippen LogP contribution in [0.1, 0.15) is 49.4 Å². The molecule has 0 spiro atoms. The molecule has 12 heteroatoms. The number of amides is 4. The molecule has 35 heavy (non-hydrogen) atoms. The number of fused-ring (bicyclic) bond motifs is 2. The van der Waals surface area contributed by atoms with Gasteiger partial charge in [-0.15, -0.1) is 0 Å². The SMILES string of the molecule is CC(=O)CC(C=O)NC(=O)C1CCCN2C(=O)CCC(NC(=O)c3ccc4c(c3)OCO4)C(=O)N12. The standard InChI is InChI=1S/C23H26N4O8/c1-13(29)9-15(11-28)24-22(32)17-3-2-8-26-20(30)7-5-16(23(33)27(17)26)25-21(31)14-4-6-18-19(10-14)35-12-34-18/h4,6,10-11,15-17H,2-3,5,7-9,12H2,1H3,(H,24,32)(H,25,31). The van der Waals surface area contributed by atoms with Crippen molar-refractivity contribution in [1.82, 2.24) is 20.7 Å². The van der Waals surface area contributed by atoms with Crippen LogP contribution in [0, 0.1) is 0 Å². The second kappa shape index (κ2) is 10.1. The van der Waals surface area contributed by atoms with E-state index in [9.17, 15) is 28.8 Å². The zero-order valence-corrected chi connectivity index (χ0v) is 19.2. The van der Waals surface area contributed by atoms with Gasteiger partial charge in [-0.3, -0.25) is 29.0 Å². The molecule has 3 aliphatic rings. The predicted molar refractivity (Wildman–Crippen MR) is 118 cm³/mol. The first kappa shape index (κ1) is 24.2. The van der Waals surface area contributed by atoms with Gasteiger partial charge < -0.3 is 24.9 Å². The summed E-state index contributed by atoms with van der Waals surface area (Å²) in [5.74, 6) is -1.48. The fraction of sp³-hybridized carbons (Fsp3) is 0.478. The molecule has 1 aromatic carbocycles. The van der Waals surface area contributed by atoms with Gasteiger partial charge in [-0.2, -0.15) is 0 Å². The maximum absolute atomic E-state index is 13.5. The summed E-state index contributed by atoms with van der Waals surface area (Å²) in [7, 11) is 0. The predicted octanol–water partition coefficient (Wildman–Crippen LogP) is -0.295. The molecule has 186 valence electrons. The van der Waals surface area contributed by atoms with Crippen LogP contribution in [0.2, 0.25) is 0 Å². The lowest BCUT2D eigenvalue weighted by atomic mass is 10.0. The maximum atomic E-state index is 13.5. The van der Waals surface area contributed by atoms with Crippen LogP contribution in [0.25, 0.3) is 0 Å². The van der Waals surface area contributed by atoms with Crippen LogP contribution in [0.3, 0.4) is 0 Å². The summed E-state index contributed by atoms with van der Waals surface area (Å²) in [4.78, 5) is 74.9. The quantitative estimate of drug-likeness (QED) is 0.499. The Hall–Kier alpha value is -3.96. The number of hydrazine groups is 1. The molecule has 2 fully saturated rings. The fourth-order valence-corrected chi connectivity index (χ4v) is 4.41. The molecule has 2 N–H and O–H groups in total. The van der Waals surface area contributed by atoms with Gasteiger partial charge >= 0.3 is 0 Å². The highest BCUT2D eigenvalue weighted by atomic mass is 16.7. The molecule has 3 atom stereocenters. The molecule has 3 aliphatic heterocycles. The van der Waals surface area contributed by atoms with Crippen molar-refractivity contribution >= 4 is 35.7 Å². The molecule has 3 heterocycles. The first-order chi connectivity index (χ1) is 16.8.